The summed E-state index contributed by atoms with van der Waals surface area (Å²) >= 11 is 0. The molecule has 0 saturated heterocycles. The van der Waals surface area contributed by atoms with Gasteiger partial charge in [0.05, 0.1) is 0 Å². The van der Waals surface area contributed by atoms with Crippen LogP contribution in [-0.4, -0.2) is 0 Å². The van der Waals surface area contributed by atoms with Gasteiger partial charge >= 0.3 is 0 Å². The molecule has 16 rings (SSSR count). The highest BCUT2D eigenvalue weighted by Gasteiger charge is 2.20. The maximum absolute atomic E-state index is 8.17. The standard InChI is InChI=1S/2C17H22N.2C16H20N.C15H18N.3C14H16N/c2*1-13(2)11-15-8-9-16(14(3)12-15)17-7-5-6-10-18(17)4;2*1-12(2)14-8-9-15(13(3)11-14)16-7-5-6-10-17(16)4;1-4-13-8-9-14(12(2)11-13)15-7-5-6-10-16(15)3;1-11-7-8-13(12(2)10-11)14-6-4-5-9-15(14)3;2*1-11-7-8-12(2)13(10-11)14-6-4-5-9-15(14)3/h2*5-10,12-13H,11H2,1-4H3;2*5-12H,1-4H3;5-11H,4H2,1-3H3;3*4-10H,1-3H3/q8*+1/i1D3,13D;;1D3,12D;;2*1D3;;. The minimum atomic E-state index is -2.35. The van der Waals surface area contributed by atoms with Gasteiger partial charge in [0.25, 0.3) is 0 Å². The average molecular weight is 1750 g/mol. The number of aryl methyl sites for hydroxylation is 20. The van der Waals surface area contributed by atoms with Gasteiger partial charge in [0.2, 0.25) is 45.6 Å². The van der Waals surface area contributed by atoms with Gasteiger partial charge in [-0.05, 0) is 288 Å². The first kappa shape index (κ1) is 82.4. The van der Waals surface area contributed by atoms with Gasteiger partial charge in [-0.3, -0.25) is 0 Å². The predicted octanol–water partition coefficient (Wildman–Crippen LogP) is 26.0. The van der Waals surface area contributed by atoms with Crippen molar-refractivity contribution in [1.29, 1.82) is 0 Å². The Balaban J connectivity index is 0.000000185. The molecule has 0 N–H and O–H groups in total. The summed E-state index contributed by atoms with van der Waals surface area (Å²) in [7, 11) is 16.3. The summed E-state index contributed by atoms with van der Waals surface area (Å²) in [6.07, 6.45) is 17.8. The summed E-state index contributed by atoms with van der Waals surface area (Å²) in [6, 6.07) is 98.5. The van der Waals surface area contributed by atoms with Crippen molar-refractivity contribution < 1.29 is 55.7 Å². The molecule has 16 aromatic rings. The van der Waals surface area contributed by atoms with Crippen molar-refractivity contribution in [3.05, 3.63) is 430 Å². The summed E-state index contributed by atoms with van der Waals surface area (Å²) in [5.74, 6) is -1.77. The molecule has 131 heavy (non-hydrogen) atoms. The highest BCUT2D eigenvalue weighted by Crippen LogP contribution is 2.31. The summed E-state index contributed by atoms with van der Waals surface area (Å²) in [4.78, 5) is 0. The van der Waals surface area contributed by atoms with E-state index in [1.54, 1.807) is 18.2 Å². The van der Waals surface area contributed by atoms with E-state index >= 15 is 0 Å². The zero-order valence-corrected chi connectivity index (χ0v) is 82.2. The van der Waals surface area contributed by atoms with Crippen LogP contribution < -0.4 is 36.5 Å². The van der Waals surface area contributed by atoms with Crippen LogP contribution in [0.3, 0.4) is 0 Å². The molecular formula is C123H150N8+8. The quantitative estimate of drug-likeness (QED) is 0.0916. The number of hydrogen-bond donors (Lipinski definition) is 0. The summed E-state index contributed by atoms with van der Waals surface area (Å²) in [5, 5.41) is 0. The maximum atomic E-state index is 8.17. The molecule has 8 aromatic heterocycles. The zero-order valence-electron chi connectivity index (χ0n) is 96.2. The van der Waals surface area contributed by atoms with Crippen molar-refractivity contribution in [3.8, 4) is 90.1 Å². The Morgan fingerprint density at radius 2 is 0.519 bits per heavy atom. The third kappa shape index (κ3) is 29.5. The third-order valence-corrected chi connectivity index (χ3v) is 23.4. The van der Waals surface area contributed by atoms with Crippen molar-refractivity contribution in [2.24, 2.45) is 68.2 Å². The van der Waals surface area contributed by atoms with Gasteiger partial charge in [0.15, 0.2) is 49.6 Å². The fourth-order valence-corrected chi connectivity index (χ4v) is 16.1. The van der Waals surface area contributed by atoms with Crippen LogP contribution in [0.1, 0.15) is 182 Å². The van der Waals surface area contributed by atoms with Gasteiger partial charge < -0.3 is 0 Å². The average Bonchev–Trinajstić information content (AvgIpc) is 0.774. The lowest BCUT2D eigenvalue weighted by Gasteiger charge is -2.09. The van der Waals surface area contributed by atoms with Crippen LogP contribution in [0.5, 0.6) is 0 Å². The smallest absolute Gasteiger partial charge is 0.201 e. The molecule has 0 fully saturated rings. The van der Waals surface area contributed by atoms with Crippen molar-refractivity contribution in [2.45, 2.75) is 169 Å². The van der Waals surface area contributed by atoms with Crippen LogP contribution in [0.25, 0.3) is 90.1 Å². The van der Waals surface area contributed by atoms with E-state index in [0.29, 0.717) is 23.0 Å². The Morgan fingerprint density at radius 3 is 0.802 bits per heavy atom. The molecule has 2 unspecified atom stereocenters. The van der Waals surface area contributed by atoms with Crippen LogP contribution in [0, 0.1) is 87.9 Å². The molecule has 674 valence electrons. The largest absolute Gasteiger partial charge is 0.212 e. The van der Waals surface area contributed by atoms with Crippen LogP contribution >= 0.6 is 0 Å². The molecule has 0 amide bonds. The van der Waals surface area contributed by atoms with Gasteiger partial charge in [-0.2, -0.15) is 0 Å². The second-order valence-corrected chi connectivity index (χ2v) is 35.3. The maximum Gasteiger partial charge on any atom is 0.212 e. The molecule has 8 nitrogen and oxygen atoms in total. The molecule has 0 spiro atoms. The van der Waals surface area contributed by atoms with E-state index in [-0.39, 0.29) is 12.8 Å². The summed E-state index contributed by atoms with van der Waals surface area (Å²) < 4.78 is 122. The highest BCUT2D eigenvalue weighted by molar-refractivity contribution is 5.68. The number of pyridine rings is 8. The molecule has 2 atom stereocenters. The summed E-state index contributed by atoms with van der Waals surface area (Å²) in [6.45, 7) is 24.2. The van der Waals surface area contributed by atoms with E-state index in [0.717, 1.165) is 84.8 Å². The zero-order chi connectivity index (χ0) is 107. The normalized spacial score (nSPS) is 13.5. The van der Waals surface area contributed by atoms with E-state index in [1.807, 2.05) is 205 Å². The highest BCUT2D eigenvalue weighted by atomic mass is 14.9. The van der Waals surface area contributed by atoms with E-state index in [1.165, 1.54) is 103 Å². The lowest BCUT2D eigenvalue weighted by molar-refractivity contribution is -0.660. The van der Waals surface area contributed by atoms with Gasteiger partial charge in [-0.15, -0.1) is 0 Å². The van der Waals surface area contributed by atoms with E-state index in [9.17, 15) is 0 Å². The molecule has 0 aliphatic carbocycles. The number of aromatic nitrogens is 8. The van der Waals surface area contributed by atoms with Crippen LogP contribution in [0.4, 0.5) is 0 Å². The van der Waals surface area contributed by atoms with Crippen LogP contribution in [-0.2, 0) is 75.6 Å². The third-order valence-electron chi connectivity index (χ3n) is 23.4. The second-order valence-electron chi connectivity index (χ2n) is 35.3. The first-order chi connectivity index (χ1) is 68.0. The van der Waals surface area contributed by atoms with Crippen molar-refractivity contribution in [1.82, 2.24) is 0 Å². The molecule has 8 aromatic carbocycles. The van der Waals surface area contributed by atoms with Gasteiger partial charge in [-0.25, -0.2) is 36.5 Å². The molecule has 0 radical (unpaired) electrons. The monoisotopic (exact) mass is 1750 g/mol. The predicted molar refractivity (Wildman–Crippen MR) is 551 cm³/mol. The lowest BCUT2D eigenvalue weighted by Crippen LogP contribution is -2.30. The molecule has 0 saturated carbocycles. The number of hydrogen-bond acceptors (Lipinski definition) is 0. The SMILES string of the molecule is Cc1cc(C(C)C)ccc1-c1cccc[n+]1C.Cc1cc(CC(C)C)ccc1-c1cccc[n+]1C.Cc1ccc(C)c(-c2cccc[n+]2C)c1.Cc1ccc(C)c(-c2cccc[n+]2C)c1.[2H]C([2H])([2H])C([2H])(C)Cc1ccc(-c2cccc[n+]2C)c(C)c1.[2H]C([2H])([2H])C([2H])(C)c1ccc(-c2cccc[n+]2C)c(C)c1.[2H]C([2H])([2H])Cc1ccc(-c2cccc[n+]2C)c(C)c1.[2H]C([2H])([2H])c1ccc(-c2cccc[n+]2C)c(C)c1. The lowest BCUT2D eigenvalue weighted by atomic mass is 9.96. The fourth-order valence-electron chi connectivity index (χ4n) is 16.1. The van der Waals surface area contributed by atoms with E-state index in [2.05, 4.69) is 307 Å². The molecule has 8 heterocycles. The molecule has 8 heteroatoms. The Morgan fingerprint density at radius 1 is 0.244 bits per heavy atom. The molecule has 0 aliphatic heterocycles. The Kier molecular flexibility index (Phi) is 31.2. The summed E-state index contributed by atoms with van der Waals surface area (Å²) in [5.41, 5.74) is 36.6. The van der Waals surface area contributed by atoms with Crippen LogP contribution in [0.15, 0.2) is 341 Å². The Labute approximate surface area is 808 Å². The van der Waals surface area contributed by atoms with Gasteiger partial charge in [-0.1, -0.05) is 176 Å². The van der Waals surface area contributed by atoms with Gasteiger partial charge in [0.1, 0.15) is 56.4 Å². The first-order valence-corrected chi connectivity index (χ1v) is 45.4. The number of nitrogens with zero attached hydrogens (tertiary/aromatic N) is 8. The van der Waals surface area contributed by atoms with E-state index < -0.39 is 39.2 Å². The van der Waals surface area contributed by atoms with Crippen molar-refractivity contribution >= 4 is 0 Å². The van der Waals surface area contributed by atoms with Crippen LogP contribution in [0.2, 0.25) is 0 Å². The Bertz CT molecular complexity index is 6950. The fraction of sp³-hybridized carbons (Fsp3) is 0.285. The minimum absolute atomic E-state index is 0.120. The minimum Gasteiger partial charge on any atom is -0.201 e. The molecule has 0 aliphatic rings. The van der Waals surface area contributed by atoms with Crippen molar-refractivity contribution in [3.63, 3.8) is 0 Å². The number of benzene rings is 8. The topological polar surface area (TPSA) is 31.0 Å². The number of rotatable bonds is 15. The van der Waals surface area contributed by atoms with Crippen molar-refractivity contribution in [2.75, 3.05) is 0 Å². The Hall–Kier alpha value is -13.0. The van der Waals surface area contributed by atoms with E-state index in [4.69, 9.17) is 19.2 Å². The molecular weight excluding hydrogens is 1590 g/mol. The first-order valence-electron chi connectivity index (χ1n) is 52.4. The second kappa shape index (κ2) is 49.7. The molecule has 0 bridgehead atoms. The van der Waals surface area contributed by atoms with Gasteiger partial charge in [0, 0.05) is 161 Å².